The number of esters is 1. The van der Waals surface area contributed by atoms with Crippen LogP contribution in [0.3, 0.4) is 0 Å². The number of rotatable bonds is 5. The number of hydrogen-bond donors (Lipinski definition) is 1. The van der Waals surface area contributed by atoms with E-state index in [-0.39, 0.29) is 18.2 Å². The van der Waals surface area contributed by atoms with Gasteiger partial charge in [-0.15, -0.1) is 0 Å². The molecule has 1 N–H and O–H groups in total. The number of carbonyl (C=O) groups excluding carboxylic acids is 2. The molecule has 1 fully saturated rings. The van der Waals surface area contributed by atoms with Crippen LogP contribution in [-0.4, -0.2) is 40.5 Å². The normalized spacial score (nSPS) is 27.7. The van der Waals surface area contributed by atoms with Crippen LogP contribution >= 0.6 is 0 Å². The predicted octanol–water partition coefficient (Wildman–Crippen LogP) is 3.19. The van der Waals surface area contributed by atoms with E-state index in [0.717, 1.165) is 11.1 Å². The SMILES string of the molecule is COC(=O)C1C(c2cccc(C)c2)N(C(=O)CC(C)C)C(C)(C(=O)O)C1C. The van der Waals surface area contributed by atoms with E-state index in [9.17, 15) is 19.5 Å². The lowest BCUT2D eigenvalue weighted by Gasteiger charge is -2.37. The molecule has 2 rings (SSSR count). The molecule has 4 unspecified atom stereocenters. The van der Waals surface area contributed by atoms with Crippen LogP contribution in [0.1, 0.15) is 51.3 Å². The number of hydrogen-bond acceptors (Lipinski definition) is 4. The maximum atomic E-state index is 13.2. The Morgan fingerprint density at radius 2 is 1.93 bits per heavy atom. The van der Waals surface area contributed by atoms with Gasteiger partial charge in [0, 0.05) is 12.3 Å². The second kappa shape index (κ2) is 7.71. The maximum Gasteiger partial charge on any atom is 0.329 e. The number of aliphatic carboxylic acids is 1. The van der Waals surface area contributed by atoms with E-state index in [1.807, 2.05) is 45.0 Å². The van der Waals surface area contributed by atoms with Crippen molar-refractivity contribution in [3.63, 3.8) is 0 Å². The zero-order valence-corrected chi connectivity index (χ0v) is 16.9. The van der Waals surface area contributed by atoms with Crippen molar-refractivity contribution in [3.05, 3.63) is 35.4 Å². The summed E-state index contributed by atoms with van der Waals surface area (Å²) < 4.78 is 5.00. The van der Waals surface area contributed by atoms with Gasteiger partial charge in [0.2, 0.25) is 5.91 Å². The first kappa shape index (κ1) is 20.9. The number of carboxylic acid groups (broad SMARTS) is 1. The topological polar surface area (TPSA) is 83.9 Å². The summed E-state index contributed by atoms with van der Waals surface area (Å²) in [6.45, 7) is 8.99. The Morgan fingerprint density at radius 1 is 1.30 bits per heavy atom. The molecular formula is C21H29NO5. The van der Waals surface area contributed by atoms with Gasteiger partial charge < -0.3 is 14.7 Å². The molecule has 0 radical (unpaired) electrons. The van der Waals surface area contributed by atoms with Crippen LogP contribution < -0.4 is 0 Å². The first-order valence-corrected chi connectivity index (χ1v) is 9.25. The van der Waals surface area contributed by atoms with Crippen molar-refractivity contribution in [2.24, 2.45) is 17.8 Å². The quantitative estimate of drug-likeness (QED) is 0.799. The van der Waals surface area contributed by atoms with Gasteiger partial charge in [0.05, 0.1) is 19.1 Å². The molecule has 6 nitrogen and oxygen atoms in total. The predicted molar refractivity (Wildman–Crippen MR) is 101 cm³/mol. The molecule has 1 heterocycles. The Hall–Kier alpha value is -2.37. The van der Waals surface area contributed by atoms with E-state index in [4.69, 9.17) is 4.74 Å². The number of nitrogens with zero attached hydrogens (tertiary/aromatic N) is 1. The zero-order valence-electron chi connectivity index (χ0n) is 16.9. The highest BCUT2D eigenvalue weighted by molar-refractivity contribution is 5.91. The summed E-state index contributed by atoms with van der Waals surface area (Å²) in [5.74, 6) is -3.17. The second-order valence-electron chi connectivity index (χ2n) is 8.01. The average molecular weight is 375 g/mol. The van der Waals surface area contributed by atoms with Crippen molar-refractivity contribution in [1.29, 1.82) is 0 Å². The lowest BCUT2D eigenvalue weighted by atomic mass is 9.80. The number of aryl methyl sites for hydroxylation is 1. The highest BCUT2D eigenvalue weighted by Crippen LogP contribution is 2.51. The summed E-state index contributed by atoms with van der Waals surface area (Å²) >= 11 is 0. The summed E-state index contributed by atoms with van der Waals surface area (Å²) in [7, 11) is 1.29. The monoisotopic (exact) mass is 375 g/mol. The molecule has 1 aromatic rings. The molecule has 4 atom stereocenters. The molecule has 0 aromatic heterocycles. The fraction of sp³-hybridized carbons (Fsp3) is 0.571. The molecule has 0 bridgehead atoms. The number of carbonyl (C=O) groups is 3. The van der Waals surface area contributed by atoms with Gasteiger partial charge in [-0.05, 0) is 25.3 Å². The Morgan fingerprint density at radius 3 is 2.41 bits per heavy atom. The van der Waals surface area contributed by atoms with E-state index in [1.54, 1.807) is 6.92 Å². The van der Waals surface area contributed by atoms with Crippen LogP contribution in [0, 0.1) is 24.7 Å². The van der Waals surface area contributed by atoms with Gasteiger partial charge in [-0.25, -0.2) is 4.79 Å². The van der Waals surface area contributed by atoms with E-state index in [2.05, 4.69) is 0 Å². The van der Waals surface area contributed by atoms with Crippen molar-refractivity contribution >= 4 is 17.8 Å². The van der Waals surface area contributed by atoms with E-state index in [0.29, 0.717) is 0 Å². The summed E-state index contributed by atoms with van der Waals surface area (Å²) in [6, 6.07) is 6.83. The number of amides is 1. The van der Waals surface area contributed by atoms with Crippen molar-refractivity contribution < 1.29 is 24.2 Å². The number of ether oxygens (including phenoxy) is 1. The molecule has 0 spiro atoms. The highest BCUT2D eigenvalue weighted by atomic mass is 16.5. The molecule has 1 aromatic carbocycles. The summed E-state index contributed by atoms with van der Waals surface area (Å²) in [4.78, 5) is 39.5. The first-order chi connectivity index (χ1) is 12.5. The van der Waals surface area contributed by atoms with Crippen LogP contribution in [0.15, 0.2) is 24.3 Å². The maximum absolute atomic E-state index is 13.2. The van der Waals surface area contributed by atoms with Crippen molar-refractivity contribution in [1.82, 2.24) is 4.90 Å². The lowest BCUT2D eigenvalue weighted by Crippen LogP contribution is -2.54. The van der Waals surface area contributed by atoms with Gasteiger partial charge in [0.25, 0.3) is 0 Å². The second-order valence-corrected chi connectivity index (χ2v) is 8.01. The number of carboxylic acids is 1. The third-order valence-corrected chi connectivity index (χ3v) is 5.69. The first-order valence-electron chi connectivity index (χ1n) is 9.25. The Kier molecular flexibility index (Phi) is 5.97. The summed E-state index contributed by atoms with van der Waals surface area (Å²) in [5.41, 5.74) is 0.225. The Balaban J connectivity index is 2.71. The molecule has 1 saturated heterocycles. The number of methoxy groups -OCH3 is 1. The molecule has 0 aliphatic carbocycles. The van der Waals surface area contributed by atoms with Gasteiger partial charge in [-0.2, -0.15) is 0 Å². The van der Waals surface area contributed by atoms with Gasteiger partial charge in [0.1, 0.15) is 5.54 Å². The van der Waals surface area contributed by atoms with Crippen molar-refractivity contribution in [2.45, 2.75) is 52.6 Å². The minimum absolute atomic E-state index is 0.0705. The molecule has 6 heteroatoms. The number of benzene rings is 1. The molecular weight excluding hydrogens is 346 g/mol. The third kappa shape index (κ3) is 3.57. The van der Waals surface area contributed by atoms with Crippen LogP contribution in [-0.2, 0) is 19.1 Å². The Labute approximate surface area is 160 Å². The largest absolute Gasteiger partial charge is 0.479 e. The van der Waals surface area contributed by atoms with Gasteiger partial charge in [-0.1, -0.05) is 50.6 Å². The van der Waals surface area contributed by atoms with E-state index in [1.165, 1.54) is 18.9 Å². The molecule has 27 heavy (non-hydrogen) atoms. The van der Waals surface area contributed by atoms with Crippen LogP contribution in [0.5, 0.6) is 0 Å². The van der Waals surface area contributed by atoms with Gasteiger partial charge in [0.15, 0.2) is 0 Å². The lowest BCUT2D eigenvalue weighted by molar-refractivity contribution is -0.159. The van der Waals surface area contributed by atoms with Gasteiger partial charge in [-0.3, -0.25) is 9.59 Å². The van der Waals surface area contributed by atoms with Crippen LogP contribution in [0.2, 0.25) is 0 Å². The molecule has 0 saturated carbocycles. The average Bonchev–Trinajstić information content (AvgIpc) is 2.83. The highest BCUT2D eigenvalue weighted by Gasteiger charge is 2.63. The zero-order chi connectivity index (χ0) is 20.5. The standard InChI is InChI=1S/C21H29NO5/c1-12(2)10-16(23)22-18(15-9-7-8-13(3)11-15)17(19(24)27-6)14(4)21(22,5)20(25)26/h7-9,11-12,14,17-18H,10H2,1-6H3,(H,25,26). The van der Waals surface area contributed by atoms with Crippen molar-refractivity contribution in [3.8, 4) is 0 Å². The van der Waals surface area contributed by atoms with Crippen molar-refractivity contribution in [2.75, 3.05) is 7.11 Å². The van der Waals surface area contributed by atoms with Gasteiger partial charge >= 0.3 is 11.9 Å². The fourth-order valence-electron chi connectivity index (χ4n) is 4.13. The van der Waals surface area contributed by atoms with Crippen LogP contribution in [0.4, 0.5) is 0 Å². The molecule has 148 valence electrons. The summed E-state index contributed by atoms with van der Waals surface area (Å²) in [6.07, 6.45) is 0.214. The van der Waals surface area contributed by atoms with E-state index >= 15 is 0 Å². The summed E-state index contributed by atoms with van der Waals surface area (Å²) in [5, 5.41) is 10.0. The molecule has 1 aliphatic rings. The van der Waals surface area contributed by atoms with E-state index < -0.39 is 35.4 Å². The number of likely N-dealkylation sites (tertiary alicyclic amines) is 1. The molecule has 1 aliphatic heterocycles. The Bertz CT molecular complexity index is 744. The smallest absolute Gasteiger partial charge is 0.329 e. The van der Waals surface area contributed by atoms with Crippen LogP contribution in [0.25, 0.3) is 0 Å². The third-order valence-electron chi connectivity index (χ3n) is 5.69. The fourth-order valence-corrected chi connectivity index (χ4v) is 4.13. The minimum atomic E-state index is -1.50. The minimum Gasteiger partial charge on any atom is -0.479 e. The molecule has 1 amide bonds.